The second-order valence-corrected chi connectivity index (χ2v) is 6.07. The van der Waals surface area contributed by atoms with Gasteiger partial charge in [0.2, 0.25) is 10.0 Å². The van der Waals surface area contributed by atoms with Crippen LogP contribution in [0, 0.1) is 0 Å². The van der Waals surface area contributed by atoms with Gasteiger partial charge in [-0.25, -0.2) is 8.42 Å². The Labute approximate surface area is 124 Å². The molecule has 1 aromatic carbocycles. The Bertz CT molecular complexity index is 555. The van der Waals surface area contributed by atoms with E-state index in [-0.39, 0.29) is 18.0 Å². The second kappa shape index (κ2) is 7.96. The van der Waals surface area contributed by atoms with Crippen molar-refractivity contribution < 1.29 is 27.8 Å². The smallest absolute Gasteiger partial charge is 0.318 e. The van der Waals surface area contributed by atoms with Gasteiger partial charge in [0, 0.05) is 13.7 Å². The molecule has 0 radical (unpaired) electrons. The van der Waals surface area contributed by atoms with E-state index in [9.17, 15) is 13.2 Å². The van der Waals surface area contributed by atoms with E-state index in [4.69, 9.17) is 14.6 Å². The van der Waals surface area contributed by atoms with Gasteiger partial charge >= 0.3 is 5.97 Å². The van der Waals surface area contributed by atoms with Crippen LogP contribution in [0.4, 0.5) is 0 Å². The summed E-state index contributed by atoms with van der Waals surface area (Å²) >= 11 is 0. The number of rotatable bonds is 9. The van der Waals surface area contributed by atoms with Crippen LogP contribution in [0.5, 0.6) is 5.75 Å². The van der Waals surface area contributed by atoms with Crippen LogP contribution < -0.4 is 4.74 Å². The Morgan fingerprint density at radius 3 is 2.38 bits per heavy atom. The molecule has 0 bridgehead atoms. The molecule has 0 saturated carbocycles. The quantitative estimate of drug-likeness (QED) is 0.724. The van der Waals surface area contributed by atoms with Crippen molar-refractivity contribution >= 4 is 16.0 Å². The van der Waals surface area contributed by atoms with E-state index in [1.165, 1.54) is 31.4 Å². The van der Waals surface area contributed by atoms with Gasteiger partial charge in [-0.15, -0.1) is 0 Å². The van der Waals surface area contributed by atoms with Crippen LogP contribution in [-0.2, 0) is 19.6 Å². The highest BCUT2D eigenvalue weighted by Gasteiger charge is 2.26. The first-order valence-corrected chi connectivity index (χ1v) is 7.79. The molecule has 0 amide bonds. The highest BCUT2D eigenvalue weighted by Crippen LogP contribution is 2.19. The minimum absolute atomic E-state index is 0.0170. The minimum atomic E-state index is -3.88. The number of carboxylic acid groups (broad SMARTS) is 1. The summed E-state index contributed by atoms with van der Waals surface area (Å²) in [7, 11) is -2.46. The molecule has 0 aliphatic rings. The summed E-state index contributed by atoms with van der Waals surface area (Å²) in [6, 6.07) is 5.85. The van der Waals surface area contributed by atoms with Crippen LogP contribution in [0.15, 0.2) is 29.2 Å². The summed E-state index contributed by atoms with van der Waals surface area (Å²) in [6.45, 7) is 1.77. The van der Waals surface area contributed by atoms with Gasteiger partial charge in [0.1, 0.15) is 12.3 Å². The van der Waals surface area contributed by atoms with Gasteiger partial charge in [0.25, 0.3) is 0 Å². The summed E-state index contributed by atoms with van der Waals surface area (Å²) < 4.78 is 35.7. The molecule has 21 heavy (non-hydrogen) atoms. The third-order valence-corrected chi connectivity index (χ3v) is 4.49. The molecule has 1 rings (SSSR count). The Balaban J connectivity index is 3.00. The van der Waals surface area contributed by atoms with Gasteiger partial charge in [-0.1, -0.05) is 0 Å². The van der Waals surface area contributed by atoms with Gasteiger partial charge < -0.3 is 14.6 Å². The number of aliphatic carboxylic acids is 1. The fraction of sp³-hybridized carbons (Fsp3) is 0.462. The zero-order valence-corrected chi connectivity index (χ0v) is 12.8. The molecule has 0 aromatic heterocycles. The number of carboxylic acids is 1. The summed E-state index contributed by atoms with van der Waals surface area (Å²) in [5.41, 5.74) is 0. The van der Waals surface area contributed by atoms with Crippen LogP contribution in [0.1, 0.15) is 6.92 Å². The number of hydrogen-bond donors (Lipinski definition) is 1. The summed E-state index contributed by atoms with van der Waals surface area (Å²) in [6.07, 6.45) is 0. The lowest BCUT2D eigenvalue weighted by Crippen LogP contribution is -2.37. The van der Waals surface area contributed by atoms with E-state index in [2.05, 4.69) is 0 Å². The molecule has 118 valence electrons. The monoisotopic (exact) mass is 317 g/mol. The normalized spacial score (nSPS) is 11.6. The molecule has 0 unspecified atom stereocenters. The fourth-order valence-electron chi connectivity index (χ4n) is 1.65. The number of benzene rings is 1. The Morgan fingerprint density at radius 1 is 1.29 bits per heavy atom. The Morgan fingerprint density at radius 2 is 1.90 bits per heavy atom. The van der Waals surface area contributed by atoms with Gasteiger partial charge in [0.15, 0.2) is 0 Å². The van der Waals surface area contributed by atoms with E-state index in [0.29, 0.717) is 12.4 Å². The third-order valence-electron chi connectivity index (χ3n) is 2.63. The second-order valence-electron chi connectivity index (χ2n) is 4.13. The zero-order valence-electron chi connectivity index (χ0n) is 12.0. The molecular weight excluding hydrogens is 298 g/mol. The predicted octanol–water partition coefficient (Wildman–Crippen LogP) is 0.807. The number of carbonyl (C=O) groups is 1. The first-order valence-electron chi connectivity index (χ1n) is 6.35. The number of hydrogen-bond acceptors (Lipinski definition) is 5. The maximum atomic E-state index is 12.4. The average molecular weight is 317 g/mol. The third kappa shape index (κ3) is 5.00. The zero-order chi connectivity index (χ0) is 15.9. The van der Waals surface area contributed by atoms with Crippen molar-refractivity contribution in [3.8, 4) is 5.75 Å². The molecular formula is C13H19NO6S. The molecule has 1 aromatic rings. The van der Waals surface area contributed by atoms with Crippen LogP contribution in [0.2, 0.25) is 0 Å². The molecule has 0 aliphatic heterocycles. The Hall–Kier alpha value is -1.64. The molecule has 8 heteroatoms. The molecule has 1 N–H and O–H groups in total. The van der Waals surface area contributed by atoms with Crippen molar-refractivity contribution in [2.24, 2.45) is 0 Å². The van der Waals surface area contributed by atoms with Crippen molar-refractivity contribution in [2.75, 3.05) is 33.4 Å². The van der Waals surface area contributed by atoms with Gasteiger partial charge in [0.05, 0.1) is 18.1 Å². The molecule has 0 spiro atoms. The molecule has 0 heterocycles. The highest BCUT2D eigenvalue weighted by molar-refractivity contribution is 7.89. The van der Waals surface area contributed by atoms with E-state index in [0.717, 1.165) is 4.31 Å². The lowest BCUT2D eigenvalue weighted by Gasteiger charge is -2.20. The lowest BCUT2D eigenvalue weighted by molar-refractivity contribution is -0.137. The Kier molecular flexibility index (Phi) is 6.60. The van der Waals surface area contributed by atoms with E-state index < -0.39 is 22.5 Å². The highest BCUT2D eigenvalue weighted by atomic mass is 32.2. The maximum Gasteiger partial charge on any atom is 0.318 e. The van der Waals surface area contributed by atoms with Gasteiger partial charge in [-0.3, -0.25) is 4.79 Å². The lowest BCUT2D eigenvalue weighted by atomic mass is 10.3. The molecule has 0 saturated heterocycles. The van der Waals surface area contributed by atoms with Gasteiger partial charge in [-0.05, 0) is 31.2 Å². The number of nitrogens with zero attached hydrogens (tertiary/aromatic N) is 1. The van der Waals surface area contributed by atoms with Crippen LogP contribution >= 0.6 is 0 Å². The number of sulfonamides is 1. The topological polar surface area (TPSA) is 93.1 Å². The van der Waals surface area contributed by atoms with Crippen LogP contribution in [-0.4, -0.2) is 57.2 Å². The summed E-state index contributed by atoms with van der Waals surface area (Å²) in [4.78, 5) is 10.8. The predicted molar refractivity (Wildman–Crippen MR) is 75.9 cm³/mol. The van der Waals surface area contributed by atoms with Crippen molar-refractivity contribution in [3.05, 3.63) is 24.3 Å². The SMILES string of the molecule is CCOc1ccc(S(=O)(=O)N(CCOC)CC(=O)O)cc1. The van der Waals surface area contributed by atoms with Crippen LogP contribution in [0.3, 0.4) is 0 Å². The number of methoxy groups -OCH3 is 1. The van der Waals surface area contributed by atoms with Crippen molar-refractivity contribution in [1.82, 2.24) is 4.31 Å². The number of ether oxygens (including phenoxy) is 2. The summed E-state index contributed by atoms with van der Waals surface area (Å²) in [5, 5.41) is 8.84. The van der Waals surface area contributed by atoms with Gasteiger partial charge in [-0.2, -0.15) is 4.31 Å². The first kappa shape index (κ1) is 17.4. The maximum absolute atomic E-state index is 12.4. The van der Waals surface area contributed by atoms with Crippen LogP contribution in [0.25, 0.3) is 0 Å². The standard InChI is InChI=1S/C13H19NO6S/c1-3-20-11-4-6-12(7-5-11)21(17,18)14(8-9-19-2)10-13(15)16/h4-7H,3,8-10H2,1-2H3,(H,15,16). The first-order chi connectivity index (χ1) is 9.91. The molecule has 0 aliphatic carbocycles. The molecule has 7 nitrogen and oxygen atoms in total. The summed E-state index contributed by atoms with van der Waals surface area (Å²) in [5.74, 6) is -0.668. The van der Waals surface area contributed by atoms with E-state index >= 15 is 0 Å². The van der Waals surface area contributed by atoms with E-state index in [1.54, 1.807) is 0 Å². The largest absolute Gasteiger partial charge is 0.494 e. The van der Waals surface area contributed by atoms with Crippen molar-refractivity contribution in [1.29, 1.82) is 0 Å². The fourth-order valence-corrected chi connectivity index (χ4v) is 3.03. The minimum Gasteiger partial charge on any atom is -0.494 e. The van der Waals surface area contributed by atoms with Crippen molar-refractivity contribution in [2.45, 2.75) is 11.8 Å². The molecule has 0 fully saturated rings. The molecule has 0 atom stereocenters. The van der Waals surface area contributed by atoms with Crippen molar-refractivity contribution in [3.63, 3.8) is 0 Å². The average Bonchev–Trinajstić information content (AvgIpc) is 2.44. The van der Waals surface area contributed by atoms with E-state index in [1.807, 2.05) is 6.92 Å².